The van der Waals surface area contributed by atoms with Gasteiger partial charge in [-0.3, -0.25) is 0 Å². The summed E-state index contributed by atoms with van der Waals surface area (Å²) < 4.78 is 12.8. The maximum absolute atomic E-state index is 10.6. The highest BCUT2D eigenvalue weighted by Crippen LogP contribution is 2.49. The molecule has 3 nitrogen and oxygen atoms in total. The van der Waals surface area contributed by atoms with Crippen molar-refractivity contribution in [3.05, 3.63) is 12.7 Å². The highest BCUT2D eigenvalue weighted by Gasteiger charge is 2.50. The Hall–Kier alpha value is -0.163. The van der Waals surface area contributed by atoms with Gasteiger partial charge in [-0.25, -0.2) is 0 Å². The predicted octanol–water partition coefficient (Wildman–Crippen LogP) is 4.66. The Morgan fingerprint density at radius 3 is 2.61 bits per heavy atom. The van der Waals surface area contributed by atoms with Gasteiger partial charge in [-0.15, -0.1) is 6.58 Å². The molecular formula is C19H36O3Si. The van der Waals surface area contributed by atoms with Crippen LogP contribution in [-0.4, -0.2) is 38.3 Å². The first-order chi connectivity index (χ1) is 10.6. The molecule has 0 spiro atoms. The summed E-state index contributed by atoms with van der Waals surface area (Å²) in [5.74, 6) is 0. The van der Waals surface area contributed by atoms with Gasteiger partial charge >= 0.3 is 0 Å². The van der Waals surface area contributed by atoms with Crippen molar-refractivity contribution in [2.75, 3.05) is 6.61 Å². The molecule has 1 aliphatic carbocycles. The van der Waals surface area contributed by atoms with Crippen LogP contribution in [0.2, 0.25) is 18.1 Å². The van der Waals surface area contributed by atoms with Crippen LogP contribution < -0.4 is 0 Å². The summed E-state index contributed by atoms with van der Waals surface area (Å²) >= 11 is 0. The number of allylic oxidation sites excluding steroid dienone is 1. The van der Waals surface area contributed by atoms with E-state index >= 15 is 0 Å². The molecule has 0 unspecified atom stereocenters. The summed E-state index contributed by atoms with van der Waals surface area (Å²) in [6.07, 6.45) is 7.92. The Balaban J connectivity index is 1.98. The third-order valence-corrected chi connectivity index (χ3v) is 11.0. The zero-order valence-corrected chi connectivity index (χ0v) is 16.7. The van der Waals surface area contributed by atoms with E-state index in [9.17, 15) is 5.11 Å². The Morgan fingerprint density at radius 1 is 1.30 bits per heavy atom. The van der Waals surface area contributed by atoms with Crippen LogP contribution in [0.25, 0.3) is 0 Å². The van der Waals surface area contributed by atoms with E-state index in [0.29, 0.717) is 6.61 Å². The lowest BCUT2D eigenvalue weighted by molar-refractivity contribution is -0.194. The van der Waals surface area contributed by atoms with Crippen LogP contribution in [0.15, 0.2) is 12.7 Å². The highest BCUT2D eigenvalue weighted by molar-refractivity contribution is 6.74. The Bertz CT molecular complexity index is 415. The number of aliphatic hydroxyl groups is 1. The number of aliphatic hydroxyl groups excluding tert-OH is 1. The summed E-state index contributed by atoms with van der Waals surface area (Å²) in [5.41, 5.74) is -0.104. The molecule has 0 aromatic heterocycles. The molecule has 2 fully saturated rings. The van der Waals surface area contributed by atoms with Crippen molar-refractivity contribution in [2.24, 2.45) is 5.41 Å². The Labute approximate surface area is 143 Å². The summed E-state index contributed by atoms with van der Waals surface area (Å²) in [6.45, 7) is 16.0. The molecule has 1 N–H and O–H groups in total. The van der Waals surface area contributed by atoms with E-state index in [0.717, 1.165) is 38.5 Å². The third kappa shape index (κ3) is 3.92. The lowest BCUT2D eigenvalue weighted by Crippen LogP contribution is -2.55. The van der Waals surface area contributed by atoms with Gasteiger partial charge in [0.05, 0.1) is 24.9 Å². The molecule has 0 aromatic rings. The lowest BCUT2D eigenvalue weighted by atomic mass is 9.63. The molecule has 23 heavy (non-hydrogen) atoms. The number of rotatable bonds is 5. The van der Waals surface area contributed by atoms with E-state index in [4.69, 9.17) is 9.16 Å². The number of fused-ring (bicyclic) bond motifs is 1. The quantitative estimate of drug-likeness (QED) is 0.584. The van der Waals surface area contributed by atoms with Crippen molar-refractivity contribution in [1.29, 1.82) is 0 Å². The molecule has 134 valence electrons. The average Bonchev–Trinajstić information content (AvgIpc) is 2.45. The van der Waals surface area contributed by atoms with E-state index in [-0.39, 0.29) is 28.8 Å². The van der Waals surface area contributed by atoms with E-state index in [2.05, 4.69) is 40.4 Å². The number of hydrogen-bond donors (Lipinski definition) is 1. The molecule has 2 rings (SSSR count). The van der Waals surface area contributed by atoms with Gasteiger partial charge in [-0.1, -0.05) is 26.8 Å². The molecule has 4 atom stereocenters. The van der Waals surface area contributed by atoms with Crippen LogP contribution >= 0.6 is 0 Å². The van der Waals surface area contributed by atoms with Crippen LogP contribution in [0, 0.1) is 5.41 Å². The van der Waals surface area contributed by atoms with Gasteiger partial charge in [0.25, 0.3) is 0 Å². The van der Waals surface area contributed by atoms with E-state index in [1.165, 1.54) is 0 Å². The van der Waals surface area contributed by atoms with Gasteiger partial charge in [0, 0.05) is 5.41 Å². The Morgan fingerprint density at radius 2 is 2.00 bits per heavy atom. The maximum atomic E-state index is 10.6. The fourth-order valence-corrected chi connectivity index (χ4v) is 4.86. The smallest absolute Gasteiger partial charge is 0.192 e. The van der Waals surface area contributed by atoms with Crippen molar-refractivity contribution in [1.82, 2.24) is 0 Å². The van der Waals surface area contributed by atoms with E-state index in [1.807, 2.05) is 6.08 Å². The molecule has 4 heteroatoms. The zero-order valence-electron chi connectivity index (χ0n) is 15.7. The molecule has 0 amide bonds. The predicted molar refractivity (Wildman–Crippen MR) is 98.1 cm³/mol. The second kappa shape index (κ2) is 6.99. The van der Waals surface area contributed by atoms with Gasteiger partial charge in [0.1, 0.15) is 0 Å². The minimum absolute atomic E-state index is 0.104. The van der Waals surface area contributed by atoms with Crippen molar-refractivity contribution in [3.63, 3.8) is 0 Å². The lowest BCUT2D eigenvalue weighted by Gasteiger charge is -2.52. The molecule has 0 aromatic carbocycles. The molecule has 0 bridgehead atoms. The first kappa shape index (κ1) is 19.2. The molecule has 1 saturated carbocycles. The number of hydrogen-bond acceptors (Lipinski definition) is 3. The number of ether oxygens (including phenoxy) is 1. The highest BCUT2D eigenvalue weighted by atomic mass is 28.4. The van der Waals surface area contributed by atoms with Crippen molar-refractivity contribution >= 4 is 8.32 Å². The fraction of sp³-hybridized carbons (Fsp3) is 0.895. The minimum atomic E-state index is -1.73. The fourth-order valence-electron chi connectivity index (χ4n) is 3.83. The molecule has 1 aliphatic heterocycles. The molecular weight excluding hydrogens is 304 g/mol. The average molecular weight is 341 g/mol. The van der Waals surface area contributed by atoms with Crippen molar-refractivity contribution < 1.29 is 14.3 Å². The second-order valence-corrected chi connectivity index (χ2v) is 13.8. The van der Waals surface area contributed by atoms with Gasteiger partial charge in [0.15, 0.2) is 8.32 Å². The monoisotopic (exact) mass is 340 g/mol. The normalized spacial score (nSPS) is 35.7. The summed E-state index contributed by atoms with van der Waals surface area (Å²) in [6, 6.07) is 0. The summed E-state index contributed by atoms with van der Waals surface area (Å²) in [7, 11) is -1.73. The standard InChI is InChI=1S/C19H36O3Si/c1-7-12-19-13-11-15(14-21-23(5,6)18(2,3)4)22-17(19)10-8-9-16(19)20/h7,15-17,20H,1,8-14H2,2-6H3/t15-,16+,17-,19+/m0/s1. The molecule has 1 saturated heterocycles. The zero-order chi connectivity index (χ0) is 17.3. The molecule has 2 aliphatic rings. The van der Waals surface area contributed by atoms with Crippen LogP contribution in [0.4, 0.5) is 0 Å². The third-order valence-electron chi connectivity index (χ3n) is 6.50. The van der Waals surface area contributed by atoms with Crippen LogP contribution in [0.3, 0.4) is 0 Å². The first-order valence-electron chi connectivity index (χ1n) is 9.21. The van der Waals surface area contributed by atoms with Crippen LogP contribution in [0.1, 0.15) is 59.3 Å². The Kier molecular flexibility index (Phi) is 5.82. The van der Waals surface area contributed by atoms with Crippen LogP contribution in [-0.2, 0) is 9.16 Å². The van der Waals surface area contributed by atoms with Gasteiger partial charge in [-0.2, -0.15) is 0 Å². The SMILES string of the molecule is C=CC[C@]12CC[C@@H](CO[Si](C)(C)C(C)(C)C)O[C@H]1CCC[C@H]2O. The first-order valence-corrected chi connectivity index (χ1v) is 12.1. The van der Waals surface area contributed by atoms with Gasteiger partial charge in [0.2, 0.25) is 0 Å². The van der Waals surface area contributed by atoms with E-state index < -0.39 is 8.32 Å². The summed E-state index contributed by atoms with van der Waals surface area (Å²) in [4.78, 5) is 0. The van der Waals surface area contributed by atoms with Crippen LogP contribution in [0.5, 0.6) is 0 Å². The van der Waals surface area contributed by atoms with E-state index in [1.54, 1.807) is 0 Å². The molecule has 0 radical (unpaired) electrons. The largest absolute Gasteiger partial charge is 0.414 e. The second-order valence-electron chi connectivity index (χ2n) is 9.03. The van der Waals surface area contributed by atoms with Crippen molar-refractivity contribution in [2.45, 2.75) is 95.7 Å². The minimum Gasteiger partial charge on any atom is -0.414 e. The van der Waals surface area contributed by atoms with Crippen molar-refractivity contribution in [3.8, 4) is 0 Å². The maximum Gasteiger partial charge on any atom is 0.192 e. The van der Waals surface area contributed by atoms with Gasteiger partial charge in [-0.05, 0) is 56.7 Å². The summed E-state index contributed by atoms with van der Waals surface area (Å²) in [5, 5.41) is 10.8. The van der Waals surface area contributed by atoms with Gasteiger partial charge < -0.3 is 14.3 Å². The molecule has 1 heterocycles. The topological polar surface area (TPSA) is 38.7 Å².